The number of anilines is 4. The standard InChI is InChI=1S/C9H16N4/c1-4-5(2)9(13-3)8(12)7(11)6(4)10/h13H,10-12H2,1-3H3. The number of nitrogens with two attached hydrogens (primary N) is 3. The highest BCUT2D eigenvalue weighted by molar-refractivity contribution is 5.91. The zero-order valence-electron chi connectivity index (χ0n) is 8.23. The van der Waals surface area contributed by atoms with Crippen LogP contribution in [-0.2, 0) is 0 Å². The van der Waals surface area contributed by atoms with Crippen LogP contribution in [0.15, 0.2) is 0 Å². The molecule has 0 saturated heterocycles. The molecule has 0 saturated carbocycles. The van der Waals surface area contributed by atoms with Gasteiger partial charge in [-0.1, -0.05) is 0 Å². The zero-order valence-corrected chi connectivity index (χ0v) is 8.23. The SMILES string of the molecule is CNc1c(C)c(C)c(N)c(N)c1N. The Morgan fingerprint density at radius 1 is 0.846 bits per heavy atom. The highest BCUT2D eigenvalue weighted by Gasteiger charge is 2.12. The Hall–Kier alpha value is -1.58. The maximum absolute atomic E-state index is 5.80. The average Bonchev–Trinajstić information content (AvgIpc) is 2.13. The monoisotopic (exact) mass is 180 g/mol. The molecule has 72 valence electrons. The van der Waals surface area contributed by atoms with Gasteiger partial charge in [0.25, 0.3) is 0 Å². The largest absolute Gasteiger partial charge is 0.397 e. The highest BCUT2D eigenvalue weighted by Crippen LogP contribution is 2.36. The molecule has 4 nitrogen and oxygen atoms in total. The molecule has 0 fully saturated rings. The van der Waals surface area contributed by atoms with E-state index in [0.29, 0.717) is 17.1 Å². The summed E-state index contributed by atoms with van der Waals surface area (Å²) in [6.07, 6.45) is 0. The molecule has 0 atom stereocenters. The Morgan fingerprint density at radius 2 is 1.38 bits per heavy atom. The normalized spacial score (nSPS) is 10.1. The van der Waals surface area contributed by atoms with E-state index in [1.54, 1.807) is 0 Å². The van der Waals surface area contributed by atoms with Gasteiger partial charge in [-0.25, -0.2) is 0 Å². The van der Waals surface area contributed by atoms with Gasteiger partial charge < -0.3 is 22.5 Å². The van der Waals surface area contributed by atoms with Crippen molar-refractivity contribution in [2.24, 2.45) is 0 Å². The van der Waals surface area contributed by atoms with Crippen molar-refractivity contribution in [1.82, 2.24) is 0 Å². The number of nitrogens with one attached hydrogen (secondary N) is 1. The molecule has 0 amide bonds. The molecule has 7 N–H and O–H groups in total. The van der Waals surface area contributed by atoms with Gasteiger partial charge in [-0.05, 0) is 25.0 Å². The van der Waals surface area contributed by atoms with Crippen LogP contribution in [0.1, 0.15) is 11.1 Å². The second-order valence-corrected chi connectivity index (χ2v) is 3.12. The first kappa shape index (κ1) is 9.51. The molecule has 0 heterocycles. The molecule has 4 heteroatoms. The lowest BCUT2D eigenvalue weighted by Crippen LogP contribution is -2.08. The van der Waals surface area contributed by atoms with E-state index in [9.17, 15) is 0 Å². The zero-order chi connectivity index (χ0) is 10.2. The fourth-order valence-corrected chi connectivity index (χ4v) is 1.40. The van der Waals surface area contributed by atoms with Gasteiger partial charge in [-0.15, -0.1) is 0 Å². The molecular formula is C9H16N4. The Bertz CT molecular complexity index is 315. The van der Waals surface area contributed by atoms with E-state index in [2.05, 4.69) is 5.32 Å². The molecule has 0 aromatic heterocycles. The fraction of sp³-hybridized carbons (Fsp3) is 0.333. The Labute approximate surface area is 78.1 Å². The van der Waals surface area contributed by atoms with Crippen LogP contribution >= 0.6 is 0 Å². The van der Waals surface area contributed by atoms with Crippen molar-refractivity contribution in [3.05, 3.63) is 11.1 Å². The third-order valence-corrected chi connectivity index (χ3v) is 2.44. The van der Waals surface area contributed by atoms with Crippen molar-refractivity contribution in [2.45, 2.75) is 13.8 Å². The molecule has 0 aliphatic carbocycles. The first-order chi connectivity index (χ1) is 6.00. The minimum absolute atomic E-state index is 0.465. The van der Waals surface area contributed by atoms with E-state index >= 15 is 0 Å². The summed E-state index contributed by atoms with van der Waals surface area (Å²) < 4.78 is 0. The Balaban J connectivity index is 3.56. The molecule has 1 rings (SSSR count). The van der Waals surface area contributed by atoms with Gasteiger partial charge in [0.1, 0.15) is 0 Å². The van der Waals surface area contributed by atoms with Crippen molar-refractivity contribution in [1.29, 1.82) is 0 Å². The summed E-state index contributed by atoms with van der Waals surface area (Å²) in [6, 6.07) is 0. The summed E-state index contributed by atoms with van der Waals surface area (Å²) in [4.78, 5) is 0. The summed E-state index contributed by atoms with van der Waals surface area (Å²) in [7, 11) is 1.81. The minimum Gasteiger partial charge on any atom is -0.397 e. The number of hydrogen-bond acceptors (Lipinski definition) is 4. The highest BCUT2D eigenvalue weighted by atomic mass is 14.9. The average molecular weight is 180 g/mol. The van der Waals surface area contributed by atoms with E-state index in [-0.39, 0.29) is 0 Å². The Morgan fingerprint density at radius 3 is 1.85 bits per heavy atom. The first-order valence-electron chi connectivity index (χ1n) is 4.12. The first-order valence-corrected chi connectivity index (χ1v) is 4.12. The summed E-state index contributed by atoms with van der Waals surface area (Å²) in [6.45, 7) is 3.90. The van der Waals surface area contributed by atoms with Gasteiger partial charge in [-0.2, -0.15) is 0 Å². The van der Waals surface area contributed by atoms with Crippen molar-refractivity contribution >= 4 is 22.7 Å². The van der Waals surface area contributed by atoms with Gasteiger partial charge in [0, 0.05) is 7.05 Å². The van der Waals surface area contributed by atoms with Crippen LogP contribution < -0.4 is 22.5 Å². The van der Waals surface area contributed by atoms with Gasteiger partial charge in [0.2, 0.25) is 0 Å². The van der Waals surface area contributed by atoms with Crippen molar-refractivity contribution in [3.8, 4) is 0 Å². The molecule has 0 aliphatic heterocycles. The van der Waals surface area contributed by atoms with E-state index in [1.807, 2.05) is 20.9 Å². The van der Waals surface area contributed by atoms with Crippen molar-refractivity contribution < 1.29 is 0 Å². The van der Waals surface area contributed by atoms with Gasteiger partial charge in [0.05, 0.1) is 22.7 Å². The molecule has 1 aromatic carbocycles. The third kappa shape index (κ3) is 1.24. The van der Waals surface area contributed by atoms with Gasteiger partial charge >= 0.3 is 0 Å². The van der Waals surface area contributed by atoms with Crippen molar-refractivity contribution in [2.75, 3.05) is 29.6 Å². The van der Waals surface area contributed by atoms with Gasteiger partial charge in [-0.3, -0.25) is 0 Å². The third-order valence-electron chi connectivity index (χ3n) is 2.44. The van der Waals surface area contributed by atoms with E-state index in [1.165, 1.54) is 0 Å². The molecule has 0 bridgehead atoms. The number of rotatable bonds is 1. The number of benzene rings is 1. The summed E-state index contributed by atoms with van der Waals surface area (Å²) in [5.41, 5.74) is 21.8. The molecular weight excluding hydrogens is 164 g/mol. The minimum atomic E-state index is 0.465. The summed E-state index contributed by atoms with van der Waals surface area (Å²) in [5.74, 6) is 0. The lowest BCUT2D eigenvalue weighted by atomic mass is 10.0. The van der Waals surface area contributed by atoms with Crippen LogP contribution in [0.4, 0.5) is 22.7 Å². The van der Waals surface area contributed by atoms with Crippen LogP contribution in [0.5, 0.6) is 0 Å². The maximum atomic E-state index is 5.80. The second kappa shape index (κ2) is 3.05. The molecule has 0 aliphatic rings. The van der Waals surface area contributed by atoms with Crippen molar-refractivity contribution in [3.63, 3.8) is 0 Å². The van der Waals surface area contributed by atoms with Crippen LogP contribution in [0.3, 0.4) is 0 Å². The molecule has 13 heavy (non-hydrogen) atoms. The smallest absolute Gasteiger partial charge is 0.0807 e. The second-order valence-electron chi connectivity index (χ2n) is 3.12. The number of hydrogen-bond donors (Lipinski definition) is 4. The lowest BCUT2D eigenvalue weighted by Gasteiger charge is -2.16. The fourth-order valence-electron chi connectivity index (χ4n) is 1.40. The van der Waals surface area contributed by atoms with Gasteiger partial charge in [0.15, 0.2) is 0 Å². The predicted molar refractivity (Wildman–Crippen MR) is 58.7 cm³/mol. The van der Waals surface area contributed by atoms with E-state index in [4.69, 9.17) is 17.2 Å². The lowest BCUT2D eigenvalue weighted by molar-refractivity contribution is 1.32. The molecule has 0 unspecified atom stereocenters. The maximum Gasteiger partial charge on any atom is 0.0807 e. The topological polar surface area (TPSA) is 90.1 Å². The van der Waals surface area contributed by atoms with Crippen LogP contribution in [0.2, 0.25) is 0 Å². The van der Waals surface area contributed by atoms with E-state index < -0.39 is 0 Å². The Kier molecular flexibility index (Phi) is 2.23. The van der Waals surface area contributed by atoms with Crippen LogP contribution in [-0.4, -0.2) is 7.05 Å². The molecule has 0 radical (unpaired) electrons. The molecule has 1 aromatic rings. The van der Waals surface area contributed by atoms with E-state index in [0.717, 1.165) is 16.8 Å². The summed E-state index contributed by atoms with van der Waals surface area (Å²) >= 11 is 0. The van der Waals surface area contributed by atoms with Crippen LogP contribution in [0.25, 0.3) is 0 Å². The molecule has 0 spiro atoms. The predicted octanol–water partition coefficient (Wildman–Crippen LogP) is 1.09. The number of nitrogen functional groups attached to an aromatic ring is 3. The quantitative estimate of drug-likeness (QED) is 0.487. The summed E-state index contributed by atoms with van der Waals surface area (Å²) in [5, 5.41) is 3.01. The van der Waals surface area contributed by atoms with Crippen LogP contribution in [0, 0.1) is 13.8 Å².